The number of carbonyl (C=O) groups is 2. The lowest BCUT2D eigenvalue weighted by molar-refractivity contribution is -0.116. The SMILES string of the molecule is O=C(/C=C/Cc1ccccc1O)NC1=CCC2=NC=NC(=O)C2=C1. The molecule has 0 radical (unpaired) electrons. The third kappa shape index (κ3) is 3.55. The minimum absolute atomic E-state index is 0.200. The molecule has 0 saturated carbocycles. The van der Waals surface area contributed by atoms with Crippen LogP contribution in [0.25, 0.3) is 0 Å². The maximum Gasteiger partial charge on any atom is 0.280 e. The molecule has 0 atom stereocenters. The van der Waals surface area contributed by atoms with Crippen LogP contribution in [0.1, 0.15) is 12.0 Å². The molecule has 6 nitrogen and oxygen atoms in total. The van der Waals surface area contributed by atoms with Crippen LogP contribution < -0.4 is 5.32 Å². The second kappa shape index (κ2) is 6.87. The second-order valence-electron chi connectivity index (χ2n) is 5.27. The number of hydrogen-bond acceptors (Lipinski definition) is 4. The summed E-state index contributed by atoms with van der Waals surface area (Å²) in [5.41, 5.74) is 2.36. The van der Waals surface area contributed by atoms with Crippen molar-refractivity contribution in [1.82, 2.24) is 5.32 Å². The Hall–Kier alpha value is -3.28. The number of benzene rings is 1. The average Bonchev–Trinajstić information content (AvgIpc) is 2.57. The van der Waals surface area contributed by atoms with Gasteiger partial charge in [0.15, 0.2) is 0 Å². The Morgan fingerprint density at radius 1 is 1.33 bits per heavy atom. The van der Waals surface area contributed by atoms with Gasteiger partial charge in [0, 0.05) is 12.1 Å². The van der Waals surface area contributed by atoms with Crippen molar-refractivity contribution < 1.29 is 14.7 Å². The minimum Gasteiger partial charge on any atom is -0.508 e. The summed E-state index contributed by atoms with van der Waals surface area (Å²) >= 11 is 0. The number of phenols is 1. The van der Waals surface area contributed by atoms with E-state index in [4.69, 9.17) is 0 Å². The number of carbonyl (C=O) groups excluding carboxylic acids is 2. The van der Waals surface area contributed by atoms with Gasteiger partial charge in [0.1, 0.15) is 12.1 Å². The highest BCUT2D eigenvalue weighted by Gasteiger charge is 2.21. The van der Waals surface area contributed by atoms with Gasteiger partial charge in [-0.25, -0.2) is 4.99 Å². The van der Waals surface area contributed by atoms with Gasteiger partial charge in [-0.1, -0.05) is 30.4 Å². The van der Waals surface area contributed by atoms with Gasteiger partial charge < -0.3 is 10.4 Å². The molecule has 3 rings (SSSR count). The fourth-order valence-corrected chi connectivity index (χ4v) is 2.39. The topological polar surface area (TPSA) is 91.1 Å². The Kier molecular flexibility index (Phi) is 4.47. The molecule has 1 aliphatic carbocycles. The van der Waals surface area contributed by atoms with Crippen molar-refractivity contribution in [1.29, 1.82) is 0 Å². The van der Waals surface area contributed by atoms with Crippen LogP contribution in [0.15, 0.2) is 69.8 Å². The predicted octanol–water partition coefficient (Wildman–Crippen LogP) is 1.83. The highest BCUT2D eigenvalue weighted by atomic mass is 16.3. The lowest BCUT2D eigenvalue weighted by Crippen LogP contribution is -2.25. The van der Waals surface area contributed by atoms with E-state index in [-0.39, 0.29) is 17.6 Å². The molecule has 6 heteroatoms. The maximum atomic E-state index is 12.0. The Labute approximate surface area is 138 Å². The smallest absolute Gasteiger partial charge is 0.280 e. The molecular formula is C18H15N3O3. The van der Waals surface area contributed by atoms with E-state index in [1.165, 1.54) is 12.4 Å². The Morgan fingerprint density at radius 3 is 3.00 bits per heavy atom. The first-order valence-electron chi connectivity index (χ1n) is 7.43. The van der Waals surface area contributed by atoms with Crippen LogP contribution >= 0.6 is 0 Å². The molecule has 0 unspecified atom stereocenters. The van der Waals surface area contributed by atoms with Gasteiger partial charge in [-0.05, 0) is 30.2 Å². The van der Waals surface area contributed by atoms with E-state index in [1.54, 1.807) is 36.4 Å². The monoisotopic (exact) mass is 321 g/mol. The lowest BCUT2D eigenvalue weighted by atomic mass is 9.99. The number of phenolic OH excluding ortho intramolecular Hbond substituents is 1. The summed E-state index contributed by atoms with van der Waals surface area (Å²) in [4.78, 5) is 31.3. The zero-order chi connectivity index (χ0) is 16.9. The Morgan fingerprint density at radius 2 is 2.17 bits per heavy atom. The molecule has 0 bridgehead atoms. The van der Waals surface area contributed by atoms with E-state index in [9.17, 15) is 14.7 Å². The lowest BCUT2D eigenvalue weighted by Gasteiger charge is -2.15. The van der Waals surface area contributed by atoms with Crippen molar-refractivity contribution in [3.8, 4) is 5.75 Å². The highest BCUT2D eigenvalue weighted by molar-refractivity contribution is 6.27. The van der Waals surface area contributed by atoms with Crippen LogP contribution in [0.3, 0.4) is 0 Å². The molecular weight excluding hydrogens is 306 g/mol. The van der Waals surface area contributed by atoms with Gasteiger partial charge in [-0.2, -0.15) is 4.99 Å². The average molecular weight is 321 g/mol. The van der Waals surface area contributed by atoms with Crippen LogP contribution in [-0.4, -0.2) is 29.0 Å². The summed E-state index contributed by atoms with van der Waals surface area (Å²) in [6.45, 7) is 0. The van der Waals surface area contributed by atoms with Crippen molar-refractivity contribution in [3.63, 3.8) is 0 Å². The fourth-order valence-electron chi connectivity index (χ4n) is 2.39. The molecule has 24 heavy (non-hydrogen) atoms. The van der Waals surface area contributed by atoms with Crippen molar-refractivity contribution in [2.75, 3.05) is 0 Å². The molecule has 0 fully saturated rings. The maximum absolute atomic E-state index is 12.0. The van der Waals surface area contributed by atoms with E-state index >= 15 is 0 Å². The van der Waals surface area contributed by atoms with E-state index in [1.807, 2.05) is 6.07 Å². The van der Waals surface area contributed by atoms with Crippen LogP contribution in [0.2, 0.25) is 0 Å². The number of hydrogen-bond donors (Lipinski definition) is 2. The first-order valence-corrected chi connectivity index (χ1v) is 7.43. The molecule has 2 aliphatic rings. The van der Waals surface area contributed by atoms with Gasteiger partial charge >= 0.3 is 0 Å². The van der Waals surface area contributed by atoms with Gasteiger partial charge in [-0.15, -0.1) is 0 Å². The van der Waals surface area contributed by atoms with E-state index in [0.29, 0.717) is 29.8 Å². The first kappa shape index (κ1) is 15.6. The molecule has 1 aromatic rings. The largest absolute Gasteiger partial charge is 0.508 e. The minimum atomic E-state index is -0.352. The van der Waals surface area contributed by atoms with Gasteiger partial charge in [-0.3, -0.25) is 9.59 Å². The number of allylic oxidation sites excluding steroid dienone is 3. The zero-order valence-electron chi connectivity index (χ0n) is 12.8. The molecule has 1 aromatic carbocycles. The van der Waals surface area contributed by atoms with Gasteiger partial charge in [0.2, 0.25) is 5.91 Å². The van der Waals surface area contributed by atoms with E-state index in [2.05, 4.69) is 15.3 Å². The number of rotatable bonds is 4. The molecule has 0 aromatic heterocycles. The third-order valence-electron chi connectivity index (χ3n) is 3.61. The van der Waals surface area contributed by atoms with Crippen molar-refractivity contribution in [2.45, 2.75) is 12.8 Å². The summed E-state index contributed by atoms with van der Waals surface area (Å²) in [5, 5.41) is 12.4. The quantitative estimate of drug-likeness (QED) is 0.829. The zero-order valence-corrected chi connectivity index (χ0v) is 12.8. The summed E-state index contributed by atoms with van der Waals surface area (Å²) in [6.07, 6.45) is 8.61. The van der Waals surface area contributed by atoms with Crippen molar-refractivity contribution >= 4 is 23.9 Å². The molecule has 2 amide bonds. The van der Waals surface area contributed by atoms with E-state index in [0.717, 1.165) is 5.56 Å². The Balaban J connectivity index is 1.60. The standard InChI is InChI=1S/C18H15N3O3/c22-16-6-2-1-4-12(16)5-3-7-17(23)21-13-8-9-15-14(10-13)18(24)20-11-19-15/h1-4,6-8,10-11,22H,5,9H2,(H,21,23)/b7-3+. The van der Waals surface area contributed by atoms with Gasteiger partial charge in [0.25, 0.3) is 5.91 Å². The fraction of sp³-hybridized carbons (Fsp3) is 0.111. The number of amides is 2. The number of aliphatic imine (C=N–C) groups is 2. The number of nitrogens with one attached hydrogen (secondary N) is 1. The number of para-hydroxylation sites is 1. The number of nitrogens with zero attached hydrogens (tertiary/aromatic N) is 2. The number of aromatic hydroxyl groups is 1. The molecule has 1 aliphatic heterocycles. The van der Waals surface area contributed by atoms with Crippen LogP contribution in [0.4, 0.5) is 0 Å². The van der Waals surface area contributed by atoms with Crippen molar-refractivity contribution in [3.05, 3.63) is 65.4 Å². The summed E-state index contributed by atoms with van der Waals surface area (Å²) < 4.78 is 0. The van der Waals surface area contributed by atoms with E-state index < -0.39 is 0 Å². The molecule has 120 valence electrons. The number of fused-ring (bicyclic) bond motifs is 1. The van der Waals surface area contributed by atoms with Crippen LogP contribution in [-0.2, 0) is 16.0 Å². The second-order valence-corrected chi connectivity index (χ2v) is 5.27. The third-order valence-corrected chi connectivity index (χ3v) is 3.61. The highest BCUT2D eigenvalue weighted by Crippen LogP contribution is 2.18. The summed E-state index contributed by atoms with van der Waals surface area (Å²) in [6, 6.07) is 6.96. The predicted molar refractivity (Wildman–Crippen MR) is 90.8 cm³/mol. The van der Waals surface area contributed by atoms with Crippen LogP contribution in [0.5, 0.6) is 5.75 Å². The normalized spacial score (nSPS) is 16.3. The van der Waals surface area contributed by atoms with Crippen LogP contribution in [0, 0.1) is 0 Å². The Bertz CT molecular complexity index is 845. The van der Waals surface area contributed by atoms with Gasteiger partial charge in [0.05, 0.1) is 11.3 Å². The molecule has 1 heterocycles. The summed E-state index contributed by atoms with van der Waals surface area (Å²) in [7, 11) is 0. The van der Waals surface area contributed by atoms with Crippen molar-refractivity contribution in [2.24, 2.45) is 9.98 Å². The molecule has 0 saturated heterocycles. The molecule has 0 spiro atoms. The summed E-state index contributed by atoms with van der Waals surface area (Å²) in [5.74, 6) is -0.457. The molecule has 2 N–H and O–H groups in total. The first-order chi connectivity index (χ1) is 11.6.